The number of nitrogens with one attached hydrogen (secondary N) is 2. The Morgan fingerprint density at radius 2 is 1.74 bits per heavy atom. The van der Waals surface area contributed by atoms with Gasteiger partial charge in [0.2, 0.25) is 0 Å². The van der Waals surface area contributed by atoms with E-state index in [0.717, 1.165) is 60.8 Å². The van der Waals surface area contributed by atoms with Gasteiger partial charge in [-0.25, -0.2) is 14.5 Å². The van der Waals surface area contributed by atoms with Crippen LogP contribution in [0, 0.1) is 0 Å². The minimum absolute atomic E-state index is 0.103. The molecule has 1 aliphatic heterocycles. The lowest BCUT2D eigenvalue weighted by molar-refractivity contribution is -0.192. The summed E-state index contributed by atoms with van der Waals surface area (Å²) in [7, 11) is 3.79. The summed E-state index contributed by atoms with van der Waals surface area (Å²) in [6.07, 6.45) is -1.63. The van der Waals surface area contributed by atoms with Crippen molar-refractivity contribution in [3.63, 3.8) is 0 Å². The number of methoxy groups -OCH3 is 1. The lowest BCUT2D eigenvalue weighted by atomic mass is 10.2. The standard InChI is InChI=1S/C27H31N7O2.C2HF3O2/c1-32-12-14-33(15-13-32)11-10-29-27(35)20-8-9-28-26(17-20)34-25-7-6-23(16-21(25)19-30-34)31-22-4-3-5-24(18-22)36-2;3-2(4,5)1(6)7/h3-9,16-19,31H,10-15H2,1-2H3,(H,29,35);(H,6,7). The van der Waals surface area contributed by atoms with Crippen LogP contribution in [-0.4, -0.2) is 101 Å². The molecular weight excluding hydrogens is 567 g/mol. The van der Waals surface area contributed by atoms with Crippen molar-refractivity contribution in [3.8, 4) is 11.6 Å². The number of hydrogen-bond donors (Lipinski definition) is 3. The van der Waals surface area contributed by atoms with Crippen molar-refractivity contribution in [2.75, 3.05) is 58.7 Å². The van der Waals surface area contributed by atoms with Gasteiger partial charge in [-0.05, 0) is 49.5 Å². The van der Waals surface area contributed by atoms with Crippen LogP contribution >= 0.6 is 0 Å². The van der Waals surface area contributed by atoms with Gasteiger partial charge in [-0.1, -0.05) is 6.07 Å². The molecule has 0 saturated carbocycles. The Hall–Kier alpha value is -4.69. The Balaban J connectivity index is 0.000000541. The second-order valence-corrected chi connectivity index (χ2v) is 9.79. The minimum Gasteiger partial charge on any atom is -0.497 e. The zero-order valence-electron chi connectivity index (χ0n) is 23.6. The van der Waals surface area contributed by atoms with E-state index in [4.69, 9.17) is 14.6 Å². The van der Waals surface area contributed by atoms with Crippen LogP contribution in [-0.2, 0) is 4.79 Å². The molecule has 2 aromatic heterocycles. The number of fused-ring (bicyclic) bond motifs is 1. The fourth-order valence-electron chi connectivity index (χ4n) is 4.34. The van der Waals surface area contributed by atoms with E-state index in [9.17, 15) is 18.0 Å². The molecular formula is C29H32F3N7O4. The van der Waals surface area contributed by atoms with E-state index < -0.39 is 12.1 Å². The number of carbonyl (C=O) groups excluding carboxylic acids is 1. The largest absolute Gasteiger partial charge is 0.497 e. The average Bonchev–Trinajstić information content (AvgIpc) is 3.41. The smallest absolute Gasteiger partial charge is 0.490 e. The first-order valence-electron chi connectivity index (χ1n) is 13.4. The zero-order chi connectivity index (χ0) is 31.0. The summed E-state index contributed by atoms with van der Waals surface area (Å²) in [6.45, 7) is 5.68. The Bertz CT molecular complexity index is 1550. The second-order valence-electron chi connectivity index (χ2n) is 9.79. The molecule has 1 aliphatic rings. The maximum Gasteiger partial charge on any atom is 0.490 e. The number of carboxylic acids is 1. The summed E-state index contributed by atoms with van der Waals surface area (Å²) in [6, 6.07) is 17.3. The molecule has 0 aliphatic carbocycles. The van der Waals surface area contributed by atoms with Crippen molar-refractivity contribution in [2.24, 2.45) is 0 Å². The number of aliphatic carboxylic acids is 1. The highest BCUT2D eigenvalue weighted by Gasteiger charge is 2.38. The van der Waals surface area contributed by atoms with Crippen molar-refractivity contribution in [1.82, 2.24) is 29.9 Å². The number of rotatable bonds is 8. The summed E-state index contributed by atoms with van der Waals surface area (Å²) in [4.78, 5) is 30.8. The molecule has 1 fully saturated rings. The molecule has 0 atom stereocenters. The van der Waals surface area contributed by atoms with Gasteiger partial charge >= 0.3 is 12.1 Å². The van der Waals surface area contributed by atoms with E-state index >= 15 is 0 Å². The first-order chi connectivity index (χ1) is 20.5. The highest BCUT2D eigenvalue weighted by Crippen LogP contribution is 2.25. The maximum atomic E-state index is 12.8. The normalized spacial score (nSPS) is 14.1. The van der Waals surface area contributed by atoms with Gasteiger partial charge in [0.05, 0.1) is 18.8 Å². The number of amides is 1. The summed E-state index contributed by atoms with van der Waals surface area (Å²) < 4.78 is 38.8. The Morgan fingerprint density at radius 3 is 2.44 bits per heavy atom. The average molecular weight is 600 g/mol. The molecule has 43 heavy (non-hydrogen) atoms. The first-order valence-corrected chi connectivity index (χ1v) is 13.4. The van der Waals surface area contributed by atoms with Crippen molar-refractivity contribution in [2.45, 2.75) is 6.18 Å². The fourth-order valence-corrected chi connectivity index (χ4v) is 4.34. The van der Waals surface area contributed by atoms with E-state index in [1.54, 1.807) is 36.3 Å². The molecule has 3 N–H and O–H groups in total. The topological polar surface area (TPSA) is 125 Å². The number of aromatic nitrogens is 3. The summed E-state index contributed by atoms with van der Waals surface area (Å²) in [5, 5.41) is 19.1. The molecule has 0 unspecified atom stereocenters. The zero-order valence-corrected chi connectivity index (χ0v) is 23.6. The third-order valence-electron chi connectivity index (χ3n) is 6.70. The van der Waals surface area contributed by atoms with E-state index in [1.165, 1.54) is 0 Å². The number of piperazine rings is 1. The van der Waals surface area contributed by atoms with Crippen LogP contribution in [0.5, 0.6) is 5.75 Å². The number of halogens is 3. The number of carboxylic acid groups (broad SMARTS) is 1. The van der Waals surface area contributed by atoms with Crippen molar-refractivity contribution < 1.29 is 32.6 Å². The van der Waals surface area contributed by atoms with Crippen LogP contribution in [0.2, 0.25) is 0 Å². The van der Waals surface area contributed by atoms with Gasteiger partial charge in [-0.3, -0.25) is 9.69 Å². The van der Waals surface area contributed by atoms with Crippen LogP contribution in [0.4, 0.5) is 24.5 Å². The molecule has 4 aromatic rings. The highest BCUT2D eigenvalue weighted by atomic mass is 19.4. The third-order valence-corrected chi connectivity index (χ3v) is 6.70. The number of hydrogen-bond acceptors (Lipinski definition) is 8. The highest BCUT2D eigenvalue weighted by molar-refractivity contribution is 5.94. The SMILES string of the molecule is COc1cccc(Nc2ccc3c(cnn3-c3cc(C(=O)NCCN4CCN(C)CC4)ccn3)c2)c1.O=C(O)C(F)(F)F. The molecule has 0 spiro atoms. The van der Waals surface area contributed by atoms with Gasteiger partial charge in [0.25, 0.3) is 5.91 Å². The van der Waals surface area contributed by atoms with Crippen LogP contribution in [0.15, 0.2) is 67.0 Å². The molecule has 0 radical (unpaired) electrons. The van der Waals surface area contributed by atoms with Crippen molar-refractivity contribution in [3.05, 3.63) is 72.6 Å². The van der Waals surface area contributed by atoms with E-state index in [1.807, 2.05) is 42.5 Å². The quantitative estimate of drug-likeness (QED) is 0.278. The monoisotopic (exact) mass is 599 g/mol. The number of pyridine rings is 1. The third kappa shape index (κ3) is 8.66. The first kappa shape index (κ1) is 31.3. The summed E-state index contributed by atoms with van der Waals surface area (Å²) >= 11 is 0. The van der Waals surface area contributed by atoms with Crippen molar-refractivity contribution in [1.29, 1.82) is 0 Å². The Labute approximate surface area is 245 Å². The number of alkyl halides is 3. The minimum atomic E-state index is -5.08. The number of nitrogens with zero attached hydrogens (tertiary/aromatic N) is 5. The van der Waals surface area contributed by atoms with Gasteiger partial charge in [0.15, 0.2) is 5.82 Å². The Morgan fingerprint density at radius 1 is 1.02 bits per heavy atom. The molecule has 1 amide bonds. The van der Waals surface area contributed by atoms with Crippen LogP contribution < -0.4 is 15.4 Å². The van der Waals surface area contributed by atoms with Crippen LogP contribution in [0.3, 0.4) is 0 Å². The number of benzene rings is 2. The molecule has 11 nitrogen and oxygen atoms in total. The van der Waals surface area contributed by atoms with E-state index in [0.29, 0.717) is 17.9 Å². The van der Waals surface area contributed by atoms with Gasteiger partial charge < -0.3 is 25.4 Å². The van der Waals surface area contributed by atoms with E-state index in [2.05, 4.69) is 37.6 Å². The number of ether oxygens (including phenoxy) is 1. The molecule has 1 saturated heterocycles. The molecule has 2 aromatic carbocycles. The second kappa shape index (κ2) is 14.0. The maximum absolute atomic E-state index is 12.8. The summed E-state index contributed by atoms with van der Waals surface area (Å²) in [5.41, 5.74) is 3.36. The van der Waals surface area contributed by atoms with Gasteiger partial charge in [0.1, 0.15) is 5.75 Å². The molecule has 0 bridgehead atoms. The molecule has 228 valence electrons. The van der Waals surface area contributed by atoms with Gasteiger partial charge in [-0.2, -0.15) is 18.3 Å². The predicted octanol–water partition coefficient (Wildman–Crippen LogP) is 3.78. The number of carbonyl (C=O) groups is 2. The molecule has 5 rings (SSSR count). The number of anilines is 2. The van der Waals surface area contributed by atoms with Gasteiger partial charge in [-0.15, -0.1) is 0 Å². The lowest BCUT2D eigenvalue weighted by Crippen LogP contribution is -2.46. The Kier molecular flexibility index (Phi) is 10.2. The van der Waals surface area contributed by atoms with E-state index in [-0.39, 0.29) is 5.91 Å². The molecule has 3 heterocycles. The lowest BCUT2D eigenvalue weighted by Gasteiger charge is -2.32. The van der Waals surface area contributed by atoms with Crippen LogP contribution in [0.1, 0.15) is 10.4 Å². The predicted molar refractivity (Wildman–Crippen MR) is 155 cm³/mol. The number of likely N-dealkylation sites (N-methyl/N-ethyl adjacent to an activating group) is 1. The van der Waals surface area contributed by atoms with Gasteiger partial charge in [0, 0.05) is 73.9 Å². The molecule has 14 heteroatoms. The van der Waals surface area contributed by atoms with Crippen LogP contribution in [0.25, 0.3) is 16.7 Å². The van der Waals surface area contributed by atoms with Crippen molar-refractivity contribution >= 4 is 34.2 Å². The summed E-state index contributed by atoms with van der Waals surface area (Å²) in [5.74, 6) is -1.46. The fraction of sp³-hybridized carbons (Fsp3) is 0.310.